The lowest BCUT2D eigenvalue weighted by Crippen LogP contribution is -2.02. The summed E-state index contributed by atoms with van der Waals surface area (Å²) in [5.41, 5.74) is 1.21. The Kier molecular flexibility index (Phi) is 4.29. The first-order valence-electron chi connectivity index (χ1n) is 5.07. The van der Waals surface area contributed by atoms with Gasteiger partial charge in [0.15, 0.2) is 0 Å². The van der Waals surface area contributed by atoms with E-state index in [4.69, 9.17) is 5.11 Å². The van der Waals surface area contributed by atoms with Crippen molar-refractivity contribution in [2.45, 2.75) is 13.8 Å². The Balaban J connectivity index is 3.06. The maximum atomic E-state index is 11.0. The van der Waals surface area contributed by atoms with Crippen LogP contribution in [0.5, 0.6) is 0 Å². The fourth-order valence-corrected chi connectivity index (χ4v) is 1.23. The Morgan fingerprint density at radius 3 is 2.71 bits per heavy atom. The normalized spacial score (nSPS) is 9.06. The fraction of sp³-hybridized carbons (Fsp3) is 0.231. The van der Waals surface area contributed by atoms with E-state index >= 15 is 0 Å². The van der Waals surface area contributed by atoms with E-state index in [-0.39, 0.29) is 12.2 Å². The van der Waals surface area contributed by atoms with Gasteiger partial charge in [-0.15, -0.1) is 0 Å². The third kappa shape index (κ3) is 3.65. The number of hydrogen-bond donors (Lipinski definition) is 1. The quantitative estimate of drug-likeness (QED) is 0.621. The van der Waals surface area contributed by atoms with Gasteiger partial charge in [-0.1, -0.05) is 17.6 Å². The van der Waals surface area contributed by atoms with Gasteiger partial charge in [-0.25, -0.2) is 9.59 Å². The molecule has 0 aromatic heterocycles. The van der Waals surface area contributed by atoms with Crippen LogP contribution < -0.4 is 0 Å². The summed E-state index contributed by atoms with van der Waals surface area (Å²) in [7, 11) is 0. The van der Waals surface area contributed by atoms with E-state index in [1.807, 2.05) is 0 Å². The van der Waals surface area contributed by atoms with Gasteiger partial charge >= 0.3 is 11.9 Å². The zero-order chi connectivity index (χ0) is 12.8. The molecule has 0 aliphatic rings. The molecule has 0 aliphatic carbocycles. The van der Waals surface area contributed by atoms with Gasteiger partial charge in [0.2, 0.25) is 0 Å². The van der Waals surface area contributed by atoms with Gasteiger partial charge in [0.05, 0.1) is 12.2 Å². The van der Waals surface area contributed by atoms with Crippen LogP contribution in [0, 0.1) is 18.8 Å². The van der Waals surface area contributed by atoms with E-state index in [1.54, 1.807) is 26.0 Å². The molecule has 0 fully saturated rings. The zero-order valence-corrected chi connectivity index (χ0v) is 9.61. The van der Waals surface area contributed by atoms with E-state index in [1.165, 1.54) is 6.07 Å². The first-order valence-corrected chi connectivity index (χ1v) is 5.07. The summed E-state index contributed by atoms with van der Waals surface area (Å²) in [5, 5.41) is 8.97. The molecule has 0 atom stereocenters. The Hall–Kier alpha value is -2.28. The van der Waals surface area contributed by atoms with E-state index < -0.39 is 11.9 Å². The molecule has 4 nitrogen and oxygen atoms in total. The SMILES string of the molecule is CCOC(=O)C#Cc1ccc(C)cc1C(=O)O. The summed E-state index contributed by atoms with van der Waals surface area (Å²) >= 11 is 0. The number of hydrogen-bond acceptors (Lipinski definition) is 3. The van der Waals surface area contributed by atoms with Crippen molar-refractivity contribution in [1.29, 1.82) is 0 Å². The van der Waals surface area contributed by atoms with Crippen LogP contribution in [0.25, 0.3) is 0 Å². The summed E-state index contributed by atoms with van der Waals surface area (Å²) in [5.74, 6) is 3.01. The number of carbonyl (C=O) groups excluding carboxylic acids is 1. The fourth-order valence-electron chi connectivity index (χ4n) is 1.23. The first kappa shape index (κ1) is 12.8. The Labute approximate surface area is 99.2 Å². The third-order valence-corrected chi connectivity index (χ3v) is 1.98. The number of rotatable bonds is 2. The van der Waals surface area contributed by atoms with E-state index in [9.17, 15) is 9.59 Å². The minimum atomic E-state index is -1.07. The zero-order valence-electron chi connectivity index (χ0n) is 9.61. The molecule has 0 saturated carbocycles. The Morgan fingerprint density at radius 1 is 1.41 bits per heavy atom. The summed E-state index contributed by atoms with van der Waals surface area (Å²) in [6.07, 6.45) is 0. The molecule has 0 unspecified atom stereocenters. The summed E-state index contributed by atoms with van der Waals surface area (Å²) < 4.78 is 4.63. The lowest BCUT2D eigenvalue weighted by Gasteiger charge is -2.00. The molecule has 0 bridgehead atoms. The molecule has 1 aromatic rings. The van der Waals surface area contributed by atoms with Crippen molar-refractivity contribution >= 4 is 11.9 Å². The number of benzene rings is 1. The van der Waals surface area contributed by atoms with E-state index in [0.717, 1.165) is 5.56 Å². The third-order valence-electron chi connectivity index (χ3n) is 1.98. The largest absolute Gasteiger partial charge is 0.478 e. The lowest BCUT2D eigenvalue weighted by atomic mass is 10.1. The molecule has 0 aliphatic heterocycles. The maximum absolute atomic E-state index is 11.0. The van der Waals surface area contributed by atoms with Gasteiger partial charge in [0.1, 0.15) is 0 Å². The highest BCUT2D eigenvalue weighted by atomic mass is 16.5. The molecular weight excluding hydrogens is 220 g/mol. The number of esters is 1. The van der Waals surface area contributed by atoms with Gasteiger partial charge in [-0.05, 0) is 26.0 Å². The van der Waals surface area contributed by atoms with Crippen LogP contribution in [0.3, 0.4) is 0 Å². The number of carbonyl (C=O) groups is 2. The smallest absolute Gasteiger partial charge is 0.384 e. The number of ether oxygens (including phenoxy) is 1. The standard InChI is InChI=1S/C13H12O4/c1-3-17-12(14)7-6-10-5-4-9(2)8-11(10)13(15)16/h4-5,8H,3H2,1-2H3,(H,15,16). The molecule has 0 amide bonds. The van der Waals surface area contributed by atoms with Crippen molar-refractivity contribution in [3.63, 3.8) is 0 Å². The highest BCUT2D eigenvalue weighted by Gasteiger charge is 2.08. The average Bonchev–Trinajstić information content (AvgIpc) is 2.27. The van der Waals surface area contributed by atoms with Crippen LogP contribution in [0.2, 0.25) is 0 Å². The Morgan fingerprint density at radius 2 is 2.12 bits per heavy atom. The first-order chi connectivity index (χ1) is 8.04. The van der Waals surface area contributed by atoms with Crippen LogP contribution in [0.4, 0.5) is 0 Å². The predicted octanol–water partition coefficient (Wildman–Crippen LogP) is 1.61. The van der Waals surface area contributed by atoms with Crippen molar-refractivity contribution < 1.29 is 19.4 Å². The highest BCUT2D eigenvalue weighted by Crippen LogP contribution is 2.10. The topological polar surface area (TPSA) is 63.6 Å². The van der Waals surface area contributed by atoms with Gasteiger partial charge in [-0.2, -0.15) is 0 Å². The van der Waals surface area contributed by atoms with Gasteiger partial charge in [0.25, 0.3) is 0 Å². The monoisotopic (exact) mass is 232 g/mol. The maximum Gasteiger partial charge on any atom is 0.384 e. The van der Waals surface area contributed by atoms with Gasteiger partial charge < -0.3 is 9.84 Å². The molecule has 0 heterocycles. The molecule has 88 valence electrons. The molecule has 0 radical (unpaired) electrons. The van der Waals surface area contributed by atoms with Gasteiger partial charge in [0, 0.05) is 11.5 Å². The van der Waals surface area contributed by atoms with Crippen LogP contribution in [-0.4, -0.2) is 23.7 Å². The molecule has 1 rings (SSSR count). The van der Waals surface area contributed by atoms with Crippen molar-refractivity contribution in [2.24, 2.45) is 0 Å². The minimum absolute atomic E-state index is 0.0850. The van der Waals surface area contributed by atoms with Crippen molar-refractivity contribution in [1.82, 2.24) is 0 Å². The van der Waals surface area contributed by atoms with Crippen molar-refractivity contribution in [3.8, 4) is 11.8 Å². The average molecular weight is 232 g/mol. The number of carboxylic acid groups (broad SMARTS) is 1. The predicted molar refractivity (Wildman–Crippen MR) is 61.6 cm³/mol. The molecule has 4 heteroatoms. The van der Waals surface area contributed by atoms with Crippen LogP contribution in [0.15, 0.2) is 18.2 Å². The second kappa shape index (κ2) is 5.71. The minimum Gasteiger partial charge on any atom is -0.478 e. The molecule has 0 saturated heterocycles. The molecule has 1 aromatic carbocycles. The molecule has 0 spiro atoms. The van der Waals surface area contributed by atoms with Crippen LogP contribution in [0.1, 0.15) is 28.4 Å². The van der Waals surface area contributed by atoms with E-state index in [2.05, 4.69) is 16.6 Å². The summed E-state index contributed by atoms with van der Waals surface area (Å²) in [6, 6.07) is 4.82. The van der Waals surface area contributed by atoms with Crippen LogP contribution in [-0.2, 0) is 9.53 Å². The molecule has 17 heavy (non-hydrogen) atoms. The van der Waals surface area contributed by atoms with Gasteiger partial charge in [-0.3, -0.25) is 0 Å². The second-order valence-corrected chi connectivity index (χ2v) is 3.32. The van der Waals surface area contributed by atoms with E-state index in [0.29, 0.717) is 5.56 Å². The number of aromatic carboxylic acids is 1. The highest BCUT2D eigenvalue weighted by molar-refractivity contribution is 5.93. The number of carboxylic acids is 1. The summed E-state index contributed by atoms with van der Waals surface area (Å²) in [6.45, 7) is 3.70. The van der Waals surface area contributed by atoms with Crippen molar-refractivity contribution in [3.05, 3.63) is 34.9 Å². The Bertz CT molecular complexity index is 506. The van der Waals surface area contributed by atoms with Crippen molar-refractivity contribution in [2.75, 3.05) is 6.61 Å². The lowest BCUT2D eigenvalue weighted by molar-refractivity contribution is -0.136. The molecule has 1 N–H and O–H groups in total. The molecular formula is C13H12O4. The summed E-state index contributed by atoms with van der Waals surface area (Å²) in [4.78, 5) is 22.0. The van der Waals surface area contributed by atoms with Crippen LogP contribution >= 0.6 is 0 Å². The second-order valence-electron chi connectivity index (χ2n) is 3.32. The number of aryl methyl sites for hydroxylation is 1.